The molecule has 2 N–H and O–H groups in total. The second kappa shape index (κ2) is 8.67. The van der Waals surface area contributed by atoms with Gasteiger partial charge in [0.1, 0.15) is 11.5 Å². The largest absolute Gasteiger partial charge is 0.507 e. The molecule has 0 amide bonds. The van der Waals surface area contributed by atoms with Crippen molar-refractivity contribution in [2.24, 2.45) is 5.10 Å². The Balaban J connectivity index is 1.97. The maximum absolute atomic E-state index is 10.4. The fraction of sp³-hybridized carbons (Fsp3) is 0.190. The van der Waals surface area contributed by atoms with E-state index in [0.717, 1.165) is 16.9 Å². The SMILES string of the molecule is C=CCc1cccc(/C=N/n2c(-c3cccc(OC(C)C)c3)n[nH]c2=S)c1O. The summed E-state index contributed by atoms with van der Waals surface area (Å²) in [5, 5.41) is 21.9. The molecule has 0 aliphatic rings. The van der Waals surface area contributed by atoms with Gasteiger partial charge in [-0.15, -0.1) is 6.58 Å². The lowest BCUT2D eigenvalue weighted by Crippen LogP contribution is -2.05. The van der Waals surface area contributed by atoms with Crippen LogP contribution in [0.2, 0.25) is 0 Å². The average molecular weight is 395 g/mol. The minimum Gasteiger partial charge on any atom is -0.507 e. The Morgan fingerprint density at radius 2 is 2.11 bits per heavy atom. The van der Waals surface area contributed by atoms with E-state index < -0.39 is 0 Å². The van der Waals surface area contributed by atoms with Crippen molar-refractivity contribution >= 4 is 18.4 Å². The monoisotopic (exact) mass is 394 g/mol. The number of ether oxygens (including phenoxy) is 1. The number of allylic oxidation sites excluding steroid dienone is 1. The Morgan fingerprint density at radius 1 is 1.32 bits per heavy atom. The molecule has 0 atom stereocenters. The van der Waals surface area contributed by atoms with Gasteiger partial charge in [0, 0.05) is 11.1 Å². The van der Waals surface area contributed by atoms with Crippen molar-refractivity contribution in [3.8, 4) is 22.9 Å². The van der Waals surface area contributed by atoms with Gasteiger partial charge in [0.05, 0.1) is 12.3 Å². The number of phenols is 1. The number of phenolic OH excluding ortho intramolecular Hbond substituents is 1. The summed E-state index contributed by atoms with van der Waals surface area (Å²) >= 11 is 5.32. The summed E-state index contributed by atoms with van der Waals surface area (Å²) in [5.41, 5.74) is 2.19. The molecule has 3 rings (SSSR count). The van der Waals surface area contributed by atoms with Crippen LogP contribution < -0.4 is 4.74 Å². The van der Waals surface area contributed by atoms with Crippen molar-refractivity contribution < 1.29 is 9.84 Å². The first-order valence-corrected chi connectivity index (χ1v) is 9.31. The van der Waals surface area contributed by atoms with Gasteiger partial charge in [-0.2, -0.15) is 14.9 Å². The summed E-state index contributed by atoms with van der Waals surface area (Å²) in [6.45, 7) is 7.65. The molecule has 1 aromatic heterocycles. The molecule has 28 heavy (non-hydrogen) atoms. The Kier molecular flexibility index (Phi) is 6.06. The molecule has 7 heteroatoms. The lowest BCUT2D eigenvalue weighted by atomic mass is 10.1. The molecule has 0 aliphatic carbocycles. The zero-order chi connectivity index (χ0) is 20.1. The molecule has 6 nitrogen and oxygen atoms in total. The molecule has 3 aromatic rings. The molecule has 0 fully saturated rings. The van der Waals surface area contributed by atoms with Gasteiger partial charge >= 0.3 is 0 Å². The number of aromatic nitrogens is 3. The lowest BCUT2D eigenvalue weighted by Gasteiger charge is -2.10. The highest BCUT2D eigenvalue weighted by Gasteiger charge is 2.10. The number of aromatic amines is 1. The van der Waals surface area contributed by atoms with E-state index in [0.29, 0.717) is 22.6 Å². The number of aromatic hydroxyl groups is 1. The third-order valence-electron chi connectivity index (χ3n) is 3.94. The first-order valence-electron chi connectivity index (χ1n) is 8.90. The van der Waals surface area contributed by atoms with Crippen molar-refractivity contribution in [3.63, 3.8) is 0 Å². The summed E-state index contributed by atoms with van der Waals surface area (Å²) in [6.07, 6.45) is 3.95. The minimum atomic E-state index is 0.0694. The molecule has 0 saturated carbocycles. The molecule has 144 valence electrons. The summed E-state index contributed by atoms with van der Waals surface area (Å²) in [7, 11) is 0. The van der Waals surface area contributed by atoms with Gasteiger partial charge in [0.25, 0.3) is 0 Å². The van der Waals surface area contributed by atoms with Crippen molar-refractivity contribution in [2.75, 3.05) is 0 Å². The van der Waals surface area contributed by atoms with E-state index in [2.05, 4.69) is 21.9 Å². The highest BCUT2D eigenvalue weighted by molar-refractivity contribution is 7.71. The quantitative estimate of drug-likeness (QED) is 0.346. The van der Waals surface area contributed by atoms with Crippen molar-refractivity contribution in [1.29, 1.82) is 0 Å². The predicted molar refractivity (Wildman–Crippen MR) is 114 cm³/mol. The second-order valence-electron chi connectivity index (χ2n) is 6.45. The molecule has 0 aliphatic heterocycles. The predicted octanol–water partition coefficient (Wildman–Crippen LogP) is 4.71. The van der Waals surface area contributed by atoms with E-state index in [1.807, 2.05) is 50.2 Å². The lowest BCUT2D eigenvalue weighted by molar-refractivity contribution is 0.242. The van der Waals surface area contributed by atoms with Gasteiger partial charge in [-0.3, -0.25) is 0 Å². The Hall–Kier alpha value is -3.19. The van der Waals surface area contributed by atoms with Crippen LogP contribution in [0, 0.1) is 4.77 Å². The fourth-order valence-corrected chi connectivity index (χ4v) is 2.90. The normalized spacial score (nSPS) is 11.2. The van der Waals surface area contributed by atoms with Crippen LogP contribution >= 0.6 is 12.2 Å². The molecule has 0 bridgehead atoms. The van der Waals surface area contributed by atoms with Crippen LogP contribution in [0.25, 0.3) is 11.4 Å². The topological polar surface area (TPSA) is 75.4 Å². The standard InChI is InChI=1S/C21H22N4O2S/c1-4-7-15-8-5-10-17(19(15)26)13-22-25-20(23-24-21(25)28)16-9-6-11-18(12-16)27-14(2)3/h4-6,8-14,26H,1,7H2,2-3H3,(H,24,28)/b22-13+. The van der Waals surface area contributed by atoms with Gasteiger partial charge in [-0.25, -0.2) is 5.10 Å². The first-order chi connectivity index (χ1) is 13.5. The number of para-hydroxylation sites is 1. The summed E-state index contributed by atoms with van der Waals surface area (Å²) in [6, 6.07) is 13.1. The number of rotatable bonds is 7. The highest BCUT2D eigenvalue weighted by Crippen LogP contribution is 2.24. The zero-order valence-corrected chi connectivity index (χ0v) is 16.6. The number of nitrogens with zero attached hydrogens (tertiary/aromatic N) is 3. The molecule has 0 radical (unpaired) electrons. The Morgan fingerprint density at radius 3 is 2.86 bits per heavy atom. The first kappa shape index (κ1) is 19.6. The summed E-state index contributed by atoms with van der Waals surface area (Å²) in [4.78, 5) is 0. The van der Waals surface area contributed by atoms with Crippen LogP contribution in [0.1, 0.15) is 25.0 Å². The van der Waals surface area contributed by atoms with Crippen molar-refractivity contribution in [3.05, 3.63) is 71.0 Å². The molecule has 0 unspecified atom stereocenters. The number of nitrogens with one attached hydrogen (secondary N) is 1. The number of hydrogen-bond donors (Lipinski definition) is 2. The zero-order valence-electron chi connectivity index (χ0n) is 15.8. The smallest absolute Gasteiger partial charge is 0.216 e. The fourth-order valence-electron chi connectivity index (χ4n) is 2.72. The number of benzene rings is 2. The van der Waals surface area contributed by atoms with E-state index >= 15 is 0 Å². The van der Waals surface area contributed by atoms with Gasteiger partial charge in [-0.1, -0.05) is 30.3 Å². The van der Waals surface area contributed by atoms with Crippen LogP contribution in [0.3, 0.4) is 0 Å². The molecule has 1 heterocycles. The maximum atomic E-state index is 10.4. The van der Waals surface area contributed by atoms with Crippen LogP contribution in [0.4, 0.5) is 0 Å². The number of H-pyrrole nitrogens is 1. The molecule has 0 saturated heterocycles. The summed E-state index contributed by atoms with van der Waals surface area (Å²) in [5.74, 6) is 1.47. The van der Waals surface area contributed by atoms with Crippen molar-refractivity contribution in [1.82, 2.24) is 14.9 Å². The van der Waals surface area contributed by atoms with Crippen LogP contribution in [0.5, 0.6) is 11.5 Å². The molecule has 0 spiro atoms. The third-order valence-corrected chi connectivity index (χ3v) is 4.21. The van der Waals surface area contributed by atoms with Crippen LogP contribution in [0.15, 0.2) is 60.2 Å². The van der Waals surface area contributed by atoms with Crippen LogP contribution in [-0.2, 0) is 6.42 Å². The Labute approximate surface area is 168 Å². The highest BCUT2D eigenvalue weighted by atomic mass is 32.1. The third kappa shape index (κ3) is 4.37. The van der Waals surface area contributed by atoms with E-state index in [4.69, 9.17) is 17.0 Å². The molecular formula is C21H22N4O2S. The van der Waals surface area contributed by atoms with Gasteiger partial charge in [0.15, 0.2) is 5.82 Å². The van der Waals surface area contributed by atoms with Crippen molar-refractivity contribution in [2.45, 2.75) is 26.4 Å². The van der Waals surface area contributed by atoms with Crippen LogP contribution in [-0.4, -0.2) is 32.3 Å². The average Bonchev–Trinajstić information content (AvgIpc) is 3.03. The van der Waals surface area contributed by atoms with E-state index in [1.165, 1.54) is 4.68 Å². The van der Waals surface area contributed by atoms with Gasteiger partial charge in [-0.05, 0) is 56.2 Å². The van der Waals surface area contributed by atoms with Gasteiger partial charge < -0.3 is 9.84 Å². The van der Waals surface area contributed by atoms with E-state index in [9.17, 15) is 5.11 Å². The second-order valence-corrected chi connectivity index (χ2v) is 6.84. The maximum Gasteiger partial charge on any atom is 0.216 e. The van der Waals surface area contributed by atoms with E-state index in [-0.39, 0.29) is 11.9 Å². The molecule has 2 aromatic carbocycles. The minimum absolute atomic E-state index is 0.0694. The van der Waals surface area contributed by atoms with E-state index in [1.54, 1.807) is 18.4 Å². The molecular weight excluding hydrogens is 372 g/mol. The summed E-state index contributed by atoms with van der Waals surface area (Å²) < 4.78 is 7.62. The Bertz CT molecular complexity index is 1070. The number of hydrogen-bond acceptors (Lipinski definition) is 5. The van der Waals surface area contributed by atoms with Gasteiger partial charge in [0.2, 0.25) is 4.77 Å².